The molecule has 5 nitrogen and oxygen atoms in total. The van der Waals surface area contributed by atoms with Crippen molar-refractivity contribution in [3.63, 3.8) is 0 Å². The Bertz CT molecular complexity index is 508. The molecule has 1 aromatic rings. The minimum absolute atomic E-state index is 0.0261. The molecule has 0 radical (unpaired) electrons. The fourth-order valence-corrected chi connectivity index (χ4v) is 2.33. The zero-order chi connectivity index (χ0) is 15.5. The Kier molecular flexibility index (Phi) is 4.60. The van der Waals surface area contributed by atoms with Gasteiger partial charge in [-0.2, -0.15) is 0 Å². The average molecular weight is 289 g/mol. The molecular weight excluding hydrogens is 266 g/mol. The van der Waals surface area contributed by atoms with Gasteiger partial charge >= 0.3 is 0 Å². The molecule has 0 saturated carbocycles. The van der Waals surface area contributed by atoms with E-state index in [9.17, 15) is 9.59 Å². The van der Waals surface area contributed by atoms with Crippen molar-refractivity contribution in [3.05, 3.63) is 30.1 Å². The Labute approximate surface area is 125 Å². The van der Waals surface area contributed by atoms with Crippen LogP contribution in [0.25, 0.3) is 0 Å². The summed E-state index contributed by atoms with van der Waals surface area (Å²) in [4.78, 5) is 30.3. The van der Waals surface area contributed by atoms with Crippen LogP contribution < -0.4 is 5.32 Å². The molecule has 2 rings (SSSR count). The molecule has 0 unspecified atom stereocenters. The van der Waals surface area contributed by atoms with Crippen LogP contribution in [-0.4, -0.2) is 40.8 Å². The van der Waals surface area contributed by atoms with E-state index in [-0.39, 0.29) is 17.9 Å². The largest absolute Gasteiger partial charge is 0.351 e. The zero-order valence-electron chi connectivity index (χ0n) is 12.9. The Balaban J connectivity index is 1.98. The third kappa shape index (κ3) is 4.03. The van der Waals surface area contributed by atoms with E-state index in [4.69, 9.17) is 0 Å². The average Bonchev–Trinajstić information content (AvgIpc) is 2.46. The molecular formula is C16H23N3O2. The Hall–Kier alpha value is -1.91. The molecule has 2 amide bonds. The van der Waals surface area contributed by atoms with Crippen molar-refractivity contribution >= 4 is 11.8 Å². The second-order valence-corrected chi connectivity index (χ2v) is 6.53. The van der Waals surface area contributed by atoms with Crippen molar-refractivity contribution in [2.24, 2.45) is 5.41 Å². The van der Waals surface area contributed by atoms with Gasteiger partial charge in [0.2, 0.25) is 5.91 Å². The van der Waals surface area contributed by atoms with Gasteiger partial charge in [0.05, 0.1) is 0 Å². The minimum Gasteiger partial charge on any atom is -0.351 e. The minimum atomic E-state index is -0.409. The lowest BCUT2D eigenvalue weighted by atomic mass is 9.94. The fraction of sp³-hybridized carbons (Fsp3) is 0.562. The van der Waals surface area contributed by atoms with Crippen LogP contribution in [0.1, 0.15) is 44.1 Å². The van der Waals surface area contributed by atoms with E-state index in [1.807, 2.05) is 26.8 Å². The lowest BCUT2D eigenvalue weighted by Gasteiger charge is -2.34. The highest BCUT2D eigenvalue weighted by molar-refractivity contribution is 5.92. The number of hydrogen-bond donors (Lipinski definition) is 1. The monoisotopic (exact) mass is 289 g/mol. The van der Waals surface area contributed by atoms with Crippen molar-refractivity contribution in [2.45, 2.75) is 39.7 Å². The van der Waals surface area contributed by atoms with E-state index in [2.05, 4.69) is 10.3 Å². The number of nitrogens with one attached hydrogen (secondary N) is 1. The van der Waals surface area contributed by atoms with Crippen LogP contribution in [0, 0.1) is 5.41 Å². The van der Waals surface area contributed by atoms with Crippen molar-refractivity contribution in [1.82, 2.24) is 15.2 Å². The maximum Gasteiger partial charge on any atom is 0.272 e. The second-order valence-electron chi connectivity index (χ2n) is 6.53. The third-order valence-corrected chi connectivity index (χ3v) is 3.61. The molecule has 0 bridgehead atoms. The molecule has 21 heavy (non-hydrogen) atoms. The lowest BCUT2D eigenvalue weighted by Crippen LogP contribution is -2.51. The number of nitrogens with zero attached hydrogens (tertiary/aromatic N) is 2. The number of rotatable bonds is 2. The zero-order valence-corrected chi connectivity index (χ0v) is 12.9. The van der Waals surface area contributed by atoms with E-state index < -0.39 is 5.41 Å². The van der Waals surface area contributed by atoms with Gasteiger partial charge in [-0.1, -0.05) is 26.8 Å². The number of piperidine rings is 1. The van der Waals surface area contributed by atoms with Gasteiger partial charge in [-0.05, 0) is 25.0 Å². The van der Waals surface area contributed by atoms with Gasteiger partial charge < -0.3 is 10.2 Å². The quantitative estimate of drug-likeness (QED) is 0.903. The van der Waals surface area contributed by atoms with E-state index in [1.54, 1.807) is 23.2 Å². The standard InChI is InChI=1S/C16H23N3O2/c1-16(2,3)15(21)18-12-7-6-10-19(11-12)14(20)13-8-4-5-9-17-13/h4-5,8-9,12H,6-7,10-11H2,1-3H3,(H,18,21)/t12-/m0/s1. The number of carbonyl (C=O) groups excluding carboxylic acids is 2. The number of amides is 2. The maximum atomic E-state index is 12.4. The lowest BCUT2D eigenvalue weighted by molar-refractivity contribution is -0.129. The van der Waals surface area contributed by atoms with E-state index in [1.165, 1.54) is 0 Å². The molecule has 2 heterocycles. The van der Waals surface area contributed by atoms with Crippen molar-refractivity contribution < 1.29 is 9.59 Å². The predicted octanol–water partition coefficient (Wildman–Crippen LogP) is 1.85. The molecule has 0 aromatic carbocycles. The number of likely N-dealkylation sites (tertiary alicyclic amines) is 1. The summed E-state index contributed by atoms with van der Waals surface area (Å²) in [6, 6.07) is 5.35. The van der Waals surface area contributed by atoms with Gasteiger partial charge in [-0.3, -0.25) is 14.6 Å². The first kappa shape index (κ1) is 15.5. The Morgan fingerprint density at radius 1 is 1.33 bits per heavy atom. The maximum absolute atomic E-state index is 12.4. The normalized spacial score (nSPS) is 19.2. The van der Waals surface area contributed by atoms with Gasteiger partial charge in [-0.25, -0.2) is 0 Å². The summed E-state index contributed by atoms with van der Waals surface area (Å²) < 4.78 is 0. The molecule has 1 aromatic heterocycles. The van der Waals surface area contributed by atoms with Gasteiger partial charge in [-0.15, -0.1) is 0 Å². The Morgan fingerprint density at radius 2 is 2.10 bits per heavy atom. The van der Waals surface area contributed by atoms with Gasteiger partial charge in [0.1, 0.15) is 5.69 Å². The highest BCUT2D eigenvalue weighted by Gasteiger charge is 2.29. The fourth-order valence-electron chi connectivity index (χ4n) is 2.33. The van der Waals surface area contributed by atoms with Gasteiger partial charge in [0, 0.05) is 30.7 Å². The topological polar surface area (TPSA) is 62.3 Å². The highest BCUT2D eigenvalue weighted by atomic mass is 16.2. The van der Waals surface area contributed by atoms with Crippen LogP contribution in [0.3, 0.4) is 0 Å². The van der Waals surface area contributed by atoms with E-state index in [0.29, 0.717) is 12.2 Å². The van der Waals surface area contributed by atoms with Crippen molar-refractivity contribution in [2.75, 3.05) is 13.1 Å². The third-order valence-electron chi connectivity index (χ3n) is 3.61. The molecule has 1 saturated heterocycles. The number of pyridine rings is 1. The van der Waals surface area contributed by atoms with Gasteiger partial charge in [0.15, 0.2) is 0 Å². The summed E-state index contributed by atoms with van der Waals surface area (Å²) in [5.74, 6) is -0.0371. The van der Waals surface area contributed by atoms with Crippen molar-refractivity contribution in [1.29, 1.82) is 0 Å². The number of hydrogen-bond acceptors (Lipinski definition) is 3. The summed E-state index contributed by atoms with van der Waals surface area (Å²) >= 11 is 0. The number of aromatic nitrogens is 1. The molecule has 5 heteroatoms. The Morgan fingerprint density at radius 3 is 2.71 bits per heavy atom. The highest BCUT2D eigenvalue weighted by Crippen LogP contribution is 2.17. The second kappa shape index (κ2) is 6.24. The molecule has 0 aliphatic carbocycles. The predicted molar refractivity (Wildman–Crippen MR) is 80.8 cm³/mol. The van der Waals surface area contributed by atoms with Crippen LogP contribution in [0.15, 0.2) is 24.4 Å². The van der Waals surface area contributed by atoms with Crippen molar-refractivity contribution in [3.8, 4) is 0 Å². The van der Waals surface area contributed by atoms with Crippen LogP contribution in [-0.2, 0) is 4.79 Å². The molecule has 1 fully saturated rings. The summed E-state index contributed by atoms with van der Waals surface area (Å²) in [6.45, 7) is 6.94. The molecule has 1 aliphatic rings. The molecule has 1 N–H and O–H groups in total. The summed E-state index contributed by atoms with van der Waals surface area (Å²) in [5.41, 5.74) is 0.0492. The summed E-state index contributed by atoms with van der Waals surface area (Å²) in [7, 11) is 0. The van der Waals surface area contributed by atoms with Crippen LogP contribution in [0.2, 0.25) is 0 Å². The first-order valence-corrected chi connectivity index (χ1v) is 7.39. The van der Waals surface area contributed by atoms with Crippen LogP contribution >= 0.6 is 0 Å². The van der Waals surface area contributed by atoms with Crippen LogP contribution in [0.4, 0.5) is 0 Å². The van der Waals surface area contributed by atoms with Crippen LogP contribution in [0.5, 0.6) is 0 Å². The smallest absolute Gasteiger partial charge is 0.272 e. The van der Waals surface area contributed by atoms with E-state index >= 15 is 0 Å². The van der Waals surface area contributed by atoms with E-state index in [0.717, 1.165) is 19.4 Å². The molecule has 0 spiro atoms. The SMILES string of the molecule is CC(C)(C)C(=O)N[C@H]1CCCN(C(=O)c2ccccn2)C1. The first-order valence-electron chi connectivity index (χ1n) is 7.39. The first-order chi connectivity index (χ1) is 9.88. The summed E-state index contributed by atoms with van der Waals surface area (Å²) in [5, 5.41) is 3.04. The number of carbonyl (C=O) groups is 2. The molecule has 1 aliphatic heterocycles. The molecule has 1 atom stereocenters. The molecule has 114 valence electrons. The van der Waals surface area contributed by atoms with Gasteiger partial charge in [0.25, 0.3) is 5.91 Å². The summed E-state index contributed by atoms with van der Waals surface area (Å²) in [6.07, 6.45) is 3.43.